The Balaban J connectivity index is 2.49. The molecule has 0 heterocycles. The summed E-state index contributed by atoms with van der Waals surface area (Å²) in [5.74, 6) is -1.45. The molecule has 0 aliphatic carbocycles. The number of carboxylic acid groups (broad SMARTS) is 1. The monoisotopic (exact) mass is 317 g/mol. The molecule has 0 aliphatic heterocycles. The van der Waals surface area contributed by atoms with Crippen molar-refractivity contribution in [1.29, 1.82) is 0 Å². The number of aliphatic carboxylic acids is 1. The topological polar surface area (TPSA) is 40.5 Å². The van der Waals surface area contributed by atoms with E-state index in [1.54, 1.807) is 19.1 Å². The fraction of sp³-hybridized carbons (Fsp3) is 0.462. The summed E-state index contributed by atoms with van der Waals surface area (Å²) in [6, 6.07) is 4.85. The Labute approximate surface area is 115 Å². The quantitative estimate of drug-likeness (QED) is 0.877. The molecule has 100 valence electrons. The zero-order valence-electron chi connectivity index (χ0n) is 10.5. The fourth-order valence-electron chi connectivity index (χ4n) is 1.68. The summed E-state index contributed by atoms with van der Waals surface area (Å²) in [5.41, 5.74) is 0.638. The molecule has 1 rings (SSSR count). The van der Waals surface area contributed by atoms with E-state index < -0.39 is 11.9 Å². The highest BCUT2D eigenvalue weighted by atomic mass is 79.9. The van der Waals surface area contributed by atoms with Crippen LogP contribution in [0.25, 0.3) is 0 Å². The Morgan fingerprint density at radius 3 is 2.83 bits per heavy atom. The number of hydrogen-bond acceptors (Lipinski definition) is 2. The highest BCUT2D eigenvalue weighted by Gasteiger charge is 2.13. The summed E-state index contributed by atoms with van der Waals surface area (Å²) >= 11 is 3.30. The lowest BCUT2D eigenvalue weighted by molar-refractivity contribution is -0.141. The summed E-state index contributed by atoms with van der Waals surface area (Å²) in [7, 11) is 1.84. The van der Waals surface area contributed by atoms with E-state index >= 15 is 0 Å². The van der Waals surface area contributed by atoms with Gasteiger partial charge in [0.25, 0.3) is 0 Å². The van der Waals surface area contributed by atoms with Gasteiger partial charge in [0.15, 0.2) is 0 Å². The van der Waals surface area contributed by atoms with Crippen molar-refractivity contribution in [2.75, 3.05) is 20.1 Å². The number of carboxylic acids is 1. The lowest BCUT2D eigenvalue weighted by Crippen LogP contribution is -2.30. The van der Waals surface area contributed by atoms with Crippen molar-refractivity contribution in [3.63, 3.8) is 0 Å². The van der Waals surface area contributed by atoms with Crippen LogP contribution in [0.2, 0.25) is 0 Å². The van der Waals surface area contributed by atoms with Crippen LogP contribution in [-0.2, 0) is 11.2 Å². The molecule has 0 fully saturated rings. The van der Waals surface area contributed by atoms with E-state index in [1.165, 1.54) is 6.07 Å². The van der Waals surface area contributed by atoms with E-state index in [0.29, 0.717) is 25.1 Å². The molecule has 0 radical (unpaired) electrons. The molecule has 0 bridgehead atoms. The van der Waals surface area contributed by atoms with Gasteiger partial charge in [0.2, 0.25) is 0 Å². The summed E-state index contributed by atoms with van der Waals surface area (Å²) < 4.78 is 14.3. The van der Waals surface area contributed by atoms with E-state index in [1.807, 2.05) is 11.9 Å². The smallest absolute Gasteiger partial charge is 0.307 e. The molecule has 1 atom stereocenters. The lowest BCUT2D eigenvalue weighted by Gasteiger charge is -2.19. The van der Waals surface area contributed by atoms with Gasteiger partial charge in [-0.15, -0.1) is 0 Å². The Hall–Kier alpha value is -0.940. The van der Waals surface area contributed by atoms with E-state index in [4.69, 9.17) is 5.11 Å². The molecular formula is C13H17BrFNO2. The highest BCUT2D eigenvalue weighted by molar-refractivity contribution is 9.10. The summed E-state index contributed by atoms with van der Waals surface area (Å²) in [4.78, 5) is 12.6. The normalized spacial score (nSPS) is 12.7. The Kier molecular flexibility index (Phi) is 5.75. The first kappa shape index (κ1) is 15.1. The molecule has 0 amide bonds. The second-order valence-electron chi connectivity index (χ2n) is 4.49. The van der Waals surface area contributed by atoms with Crippen LogP contribution in [0.4, 0.5) is 4.39 Å². The molecule has 1 aromatic rings. The average molecular weight is 318 g/mol. The average Bonchev–Trinajstić information content (AvgIpc) is 2.30. The molecule has 0 aliphatic rings. The largest absolute Gasteiger partial charge is 0.481 e. The minimum Gasteiger partial charge on any atom is -0.481 e. The van der Waals surface area contributed by atoms with Gasteiger partial charge < -0.3 is 10.0 Å². The number of carbonyl (C=O) groups is 1. The van der Waals surface area contributed by atoms with Crippen molar-refractivity contribution in [1.82, 2.24) is 4.90 Å². The molecule has 3 nitrogen and oxygen atoms in total. The van der Waals surface area contributed by atoms with Gasteiger partial charge in [-0.2, -0.15) is 0 Å². The molecule has 0 saturated carbocycles. The van der Waals surface area contributed by atoms with Crippen molar-refractivity contribution in [2.24, 2.45) is 5.92 Å². The Bertz CT molecular complexity index is 425. The van der Waals surface area contributed by atoms with Crippen molar-refractivity contribution in [2.45, 2.75) is 13.3 Å². The van der Waals surface area contributed by atoms with Gasteiger partial charge in [0, 0.05) is 17.6 Å². The van der Waals surface area contributed by atoms with Crippen molar-refractivity contribution in [3.8, 4) is 0 Å². The lowest BCUT2D eigenvalue weighted by atomic mass is 10.1. The Morgan fingerprint density at radius 1 is 1.56 bits per heavy atom. The van der Waals surface area contributed by atoms with Crippen molar-refractivity contribution >= 4 is 21.9 Å². The van der Waals surface area contributed by atoms with E-state index in [-0.39, 0.29) is 5.82 Å². The van der Waals surface area contributed by atoms with Gasteiger partial charge in [-0.3, -0.25) is 4.79 Å². The van der Waals surface area contributed by atoms with Crippen LogP contribution >= 0.6 is 15.9 Å². The third-order valence-electron chi connectivity index (χ3n) is 2.78. The molecular weight excluding hydrogens is 301 g/mol. The van der Waals surface area contributed by atoms with Gasteiger partial charge in [-0.1, -0.05) is 22.9 Å². The number of likely N-dealkylation sites (N-methyl/N-ethyl adjacent to an activating group) is 1. The van der Waals surface area contributed by atoms with Crippen molar-refractivity contribution in [3.05, 3.63) is 34.1 Å². The van der Waals surface area contributed by atoms with Crippen LogP contribution in [-0.4, -0.2) is 36.1 Å². The number of nitrogens with zero attached hydrogens (tertiary/aromatic N) is 1. The fourth-order valence-corrected chi connectivity index (χ4v) is 2.09. The van der Waals surface area contributed by atoms with Gasteiger partial charge in [0.1, 0.15) is 5.82 Å². The summed E-state index contributed by atoms with van der Waals surface area (Å²) in [6.07, 6.45) is 0.564. The van der Waals surface area contributed by atoms with Crippen LogP contribution in [0.3, 0.4) is 0 Å². The first-order valence-electron chi connectivity index (χ1n) is 5.75. The minimum absolute atomic E-state index is 0.224. The Morgan fingerprint density at radius 2 is 2.22 bits per heavy atom. The van der Waals surface area contributed by atoms with Crippen LogP contribution < -0.4 is 0 Å². The van der Waals surface area contributed by atoms with Crippen LogP contribution in [0, 0.1) is 11.7 Å². The maximum absolute atomic E-state index is 13.5. The molecule has 5 heteroatoms. The van der Waals surface area contributed by atoms with E-state index in [2.05, 4.69) is 15.9 Å². The molecule has 18 heavy (non-hydrogen) atoms. The van der Waals surface area contributed by atoms with Gasteiger partial charge in [0.05, 0.1) is 5.92 Å². The zero-order chi connectivity index (χ0) is 13.7. The highest BCUT2D eigenvalue weighted by Crippen LogP contribution is 2.16. The summed E-state index contributed by atoms with van der Waals surface area (Å²) in [5, 5.41) is 8.80. The zero-order valence-corrected chi connectivity index (χ0v) is 12.1. The van der Waals surface area contributed by atoms with Crippen molar-refractivity contribution < 1.29 is 14.3 Å². The third-order valence-corrected chi connectivity index (χ3v) is 3.27. The standard InChI is InChI=1S/C13H17BrFNO2/c1-9(13(17)18)8-16(2)6-5-10-7-11(14)3-4-12(10)15/h3-4,7,9H,5-6,8H2,1-2H3,(H,17,18). The third kappa shape index (κ3) is 4.74. The predicted octanol–water partition coefficient (Wildman–Crippen LogP) is 2.78. The second-order valence-corrected chi connectivity index (χ2v) is 5.40. The first-order chi connectivity index (χ1) is 8.40. The molecule has 0 saturated heterocycles. The van der Waals surface area contributed by atoms with Gasteiger partial charge in [-0.25, -0.2) is 4.39 Å². The maximum atomic E-state index is 13.5. The minimum atomic E-state index is -0.810. The second kappa shape index (κ2) is 6.85. The molecule has 0 aromatic heterocycles. The van der Waals surface area contributed by atoms with Gasteiger partial charge >= 0.3 is 5.97 Å². The van der Waals surface area contributed by atoms with E-state index in [9.17, 15) is 9.18 Å². The van der Waals surface area contributed by atoms with Gasteiger partial charge in [-0.05, 0) is 37.2 Å². The van der Waals surface area contributed by atoms with Crippen LogP contribution in [0.5, 0.6) is 0 Å². The molecule has 0 spiro atoms. The maximum Gasteiger partial charge on any atom is 0.307 e. The first-order valence-corrected chi connectivity index (χ1v) is 6.54. The SMILES string of the molecule is CC(CN(C)CCc1cc(Br)ccc1F)C(=O)O. The van der Waals surface area contributed by atoms with Crippen LogP contribution in [0.1, 0.15) is 12.5 Å². The molecule has 1 N–H and O–H groups in total. The summed E-state index contributed by atoms with van der Waals surface area (Å²) in [6.45, 7) is 2.76. The van der Waals surface area contributed by atoms with E-state index in [0.717, 1.165) is 4.47 Å². The number of halogens is 2. The predicted molar refractivity (Wildman–Crippen MR) is 72.1 cm³/mol. The molecule has 1 unspecified atom stereocenters. The number of hydrogen-bond donors (Lipinski definition) is 1. The number of rotatable bonds is 6. The molecule has 1 aromatic carbocycles. The number of benzene rings is 1. The van der Waals surface area contributed by atoms with Crippen LogP contribution in [0.15, 0.2) is 22.7 Å².